The predicted octanol–water partition coefficient (Wildman–Crippen LogP) is -1.43. The first-order valence-corrected chi connectivity index (χ1v) is 3.31. The number of likely N-dealkylation sites (N-methyl/N-ethyl adjacent to an activating group) is 1. The average molecular weight is 145 g/mol. The summed E-state index contributed by atoms with van der Waals surface area (Å²) in [6.07, 6.45) is -2.09. The molecule has 1 aliphatic heterocycles. The van der Waals surface area contributed by atoms with Gasteiger partial charge in [0.1, 0.15) is 6.10 Å². The van der Waals surface area contributed by atoms with E-state index in [1.165, 1.54) is 4.90 Å². The second kappa shape index (κ2) is 2.56. The van der Waals surface area contributed by atoms with Crippen LogP contribution in [0.3, 0.4) is 0 Å². The molecule has 1 amide bonds. The lowest BCUT2D eigenvalue weighted by atomic mass is 10.3. The zero-order valence-corrected chi connectivity index (χ0v) is 5.82. The molecule has 1 aliphatic rings. The van der Waals surface area contributed by atoms with Crippen molar-refractivity contribution in [3.05, 3.63) is 0 Å². The van der Waals surface area contributed by atoms with Crippen LogP contribution in [0, 0.1) is 0 Å². The molecule has 1 saturated heterocycles. The molecular formula is C6H11NO3. The fourth-order valence-electron chi connectivity index (χ4n) is 1.05. The van der Waals surface area contributed by atoms with Crippen LogP contribution in [-0.2, 0) is 4.79 Å². The highest BCUT2D eigenvalue weighted by atomic mass is 16.3. The fraction of sp³-hybridized carbons (Fsp3) is 0.833. The molecule has 0 radical (unpaired) electrons. The Balaban J connectivity index is 2.62. The van der Waals surface area contributed by atoms with Crippen molar-refractivity contribution in [1.29, 1.82) is 0 Å². The summed E-state index contributed by atoms with van der Waals surface area (Å²) in [5.41, 5.74) is 0. The van der Waals surface area contributed by atoms with Crippen LogP contribution >= 0.6 is 0 Å². The van der Waals surface area contributed by atoms with E-state index in [9.17, 15) is 4.79 Å². The third-order valence-corrected chi connectivity index (χ3v) is 1.72. The molecule has 58 valence electrons. The van der Waals surface area contributed by atoms with E-state index in [4.69, 9.17) is 10.2 Å². The molecule has 1 fully saturated rings. The van der Waals surface area contributed by atoms with Crippen LogP contribution < -0.4 is 0 Å². The number of amides is 1. The van der Waals surface area contributed by atoms with Crippen LogP contribution in [0.25, 0.3) is 0 Å². The van der Waals surface area contributed by atoms with Gasteiger partial charge in [0, 0.05) is 13.1 Å². The molecule has 0 aromatic carbocycles. The van der Waals surface area contributed by atoms with Gasteiger partial charge in [-0.25, -0.2) is 0 Å². The summed E-state index contributed by atoms with van der Waals surface area (Å²) in [6, 6.07) is 0. The molecule has 0 aromatic heterocycles. The summed E-state index contributed by atoms with van der Waals surface area (Å²) in [5, 5.41) is 17.9. The van der Waals surface area contributed by atoms with Gasteiger partial charge in [0.05, 0.1) is 0 Å². The van der Waals surface area contributed by atoms with Crippen molar-refractivity contribution in [2.75, 3.05) is 13.1 Å². The molecule has 1 heterocycles. The summed E-state index contributed by atoms with van der Waals surface area (Å²) in [7, 11) is 0. The number of rotatable bonds is 1. The Morgan fingerprint density at radius 2 is 2.30 bits per heavy atom. The zero-order valence-electron chi connectivity index (χ0n) is 5.82. The van der Waals surface area contributed by atoms with Crippen molar-refractivity contribution in [2.45, 2.75) is 19.1 Å². The first-order valence-electron chi connectivity index (χ1n) is 3.31. The Labute approximate surface area is 59.1 Å². The second-order valence-corrected chi connectivity index (χ2v) is 2.39. The topological polar surface area (TPSA) is 60.8 Å². The molecule has 0 spiro atoms. The van der Waals surface area contributed by atoms with Crippen molar-refractivity contribution in [3.8, 4) is 0 Å². The van der Waals surface area contributed by atoms with Crippen molar-refractivity contribution in [1.82, 2.24) is 4.90 Å². The Kier molecular flexibility index (Phi) is 1.92. The third-order valence-electron chi connectivity index (χ3n) is 1.72. The highest BCUT2D eigenvalue weighted by molar-refractivity contribution is 5.83. The maximum Gasteiger partial charge on any atom is 0.254 e. The Hall–Kier alpha value is -0.610. The summed E-state index contributed by atoms with van der Waals surface area (Å²) in [5.74, 6) is -0.366. The maximum absolute atomic E-state index is 10.9. The lowest BCUT2D eigenvalue weighted by Gasteiger charge is -2.10. The number of nitrogens with zero attached hydrogens (tertiary/aromatic N) is 1. The molecule has 2 N–H and O–H groups in total. The minimum absolute atomic E-state index is 0.260. The summed E-state index contributed by atoms with van der Waals surface area (Å²) in [4.78, 5) is 12.3. The van der Waals surface area contributed by atoms with Crippen molar-refractivity contribution in [3.63, 3.8) is 0 Å². The molecule has 0 saturated carbocycles. The standard InChI is InChI=1S/C6H11NO3/c1-2-7-3-4(8)5(9)6(7)10/h4-5,8-9H,2-3H2,1H3. The van der Waals surface area contributed by atoms with Gasteiger partial charge in [-0.05, 0) is 6.92 Å². The average Bonchev–Trinajstić information content (AvgIpc) is 2.17. The second-order valence-electron chi connectivity index (χ2n) is 2.39. The molecular weight excluding hydrogens is 134 g/mol. The fourth-order valence-corrected chi connectivity index (χ4v) is 1.05. The van der Waals surface area contributed by atoms with E-state index in [2.05, 4.69) is 0 Å². The number of hydrogen-bond donors (Lipinski definition) is 2. The van der Waals surface area contributed by atoms with Crippen LogP contribution in [-0.4, -0.2) is 46.3 Å². The van der Waals surface area contributed by atoms with Crippen LogP contribution in [0.15, 0.2) is 0 Å². The molecule has 0 aliphatic carbocycles. The third kappa shape index (κ3) is 0.998. The molecule has 4 heteroatoms. The van der Waals surface area contributed by atoms with Gasteiger partial charge in [0.25, 0.3) is 5.91 Å². The summed E-state index contributed by atoms with van der Waals surface area (Å²) in [6.45, 7) is 2.62. The van der Waals surface area contributed by atoms with Crippen molar-refractivity contribution < 1.29 is 15.0 Å². The van der Waals surface area contributed by atoms with Gasteiger partial charge in [-0.2, -0.15) is 0 Å². The van der Waals surface area contributed by atoms with Crippen LogP contribution in [0.4, 0.5) is 0 Å². The van der Waals surface area contributed by atoms with E-state index >= 15 is 0 Å². The molecule has 1 rings (SSSR count). The smallest absolute Gasteiger partial charge is 0.254 e. The molecule has 0 bridgehead atoms. The highest BCUT2D eigenvalue weighted by Crippen LogP contribution is 2.10. The SMILES string of the molecule is CCN1CC(O)C(O)C1=O. The van der Waals surface area contributed by atoms with Crippen molar-refractivity contribution >= 4 is 5.91 Å². The van der Waals surface area contributed by atoms with Gasteiger partial charge >= 0.3 is 0 Å². The minimum atomic E-state index is -1.19. The Bertz CT molecular complexity index is 148. The van der Waals surface area contributed by atoms with E-state index in [1.54, 1.807) is 0 Å². The first kappa shape index (κ1) is 7.50. The van der Waals surface area contributed by atoms with Gasteiger partial charge in [0.2, 0.25) is 0 Å². The van der Waals surface area contributed by atoms with Gasteiger partial charge in [0.15, 0.2) is 6.10 Å². The normalized spacial score (nSPS) is 33.5. The van der Waals surface area contributed by atoms with Crippen molar-refractivity contribution in [2.24, 2.45) is 0 Å². The van der Waals surface area contributed by atoms with Gasteiger partial charge in [-0.3, -0.25) is 4.79 Å². The maximum atomic E-state index is 10.9. The van der Waals surface area contributed by atoms with Gasteiger partial charge in [-0.15, -0.1) is 0 Å². The summed E-state index contributed by atoms with van der Waals surface area (Å²) < 4.78 is 0. The number of carbonyl (C=O) groups is 1. The quantitative estimate of drug-likeness (QED) is 0.475. The van der Waals surface area contributed by atoms with Crippen LogP contribution in [0.1, 0.15) is 6.92 Å². The van der Waals surface area contributed by atoms with Crippen LogP contribution in [0.2, 0.25) is 0 Å². The zero-order chi connectivity index (χ0) is 7.72. The van der Waals surface area contributed by atoms with E-state index in [0.29, 0.717) is 6.54 Å². The first-order chi connectivity index (χ1) is 4.66. The predicted molar refractivity (Wildman–Crippen MR) is 34.3 cm³/mol. The number of carbonyl (C=O) groups excluding carboxylic acids is 1. The molecule has 10 heavy (non-hydrogen) atoms. The number of aliphatic hydroxyl groups is 2. The van der Waals surface area contributed by atoms with E-state index in [0.717, 1.165) is 0 Å². The summed E-state index contributed by atoms with van der Waals surface area (Å²) >= 11 is 0. The van der Waals surface area contributed by atoms with Crippen LogP contribution in [0.5, 0.6) is 0 Å². The minimum Gasteiger partial charge on any atom is -0.388 e. The highest BCUT2D eigenvalue weighted by Gasteiger charge is 2.36. The molecule has 4 nitrogen and oxygen atoms in total. The van der Waals surface area contributed by atoms with E-state index < -0.39 is 12.2 Å². The van der Waals surface area contributed by atoms with E-state index in [-0.39, 0.29) is 12.5 Å². The Morgan fingerprint density at radius 1 is 1.70 bits per heavy atom. The van der Waals surface area contributed by atoms with Gasteiger partial charge < -0.3 is 15.1 Å². The van der Waals surface area contributed by atoms with Gasteiger partial charge in [-0.1, -0.05) is 0 Å². The lowest BCUT2D eigenvalue weighted by molar-refractivity contribution is -0.135. The lowest BCUT2D eigenvalue weighted by Crippen LogP contribution is -2.29. The number of likely N-dealkylation sites (tertiary alicyclic amines) is 1. The molecule has 0 aromatic rings. The number of hydrogen-bond acceptors (Lipinski definition) is 3. The number of β-amino-alcohol motifs (C(OH)–C–C–N with tert-alkyl or cyclic N) is 1. The molecule has 2 atom stereocenters. The largest absolute Gasteiger partial charge is 0.388 e. The van der Waals surface area contributed by atoms with E-state index in [1.807, 2.05) is 6.92 Å². The Morgan fingerprint density at radius 3 is 2.50 bits per heavy atom. The monoisotopic (exact) mass is 145 g/mol. The number of aliphatic hydroxyl groups excluding tert-OH is 2. The molecule has 2 unspecified atom stereocenters.